The van der Waals surface area contributed by atoms with Gasteiger partial charge in [-0.15, -0.1) is 0 Å². The Kier molecular flexibility index (Phi) is 6.29. The van der Waals surface area contributed by atoms with Gasteiger partial charge in [-0.25, -0.2) is 4.39 Å². The molecule has 2 aliphatic rings. The second-order valence-electron chi connectivity index (χ2n) is 7.78. The third-order valence-electron chi connectivity index (χ3n) is 6.11. The number of anilines is 1. The SMILES string of the molecule is CCN(CC)CCN1CCc2[nH]c(/C=C3\C(=O)Nc4ccc(F)cc43)c(CBr)c2C1=O. The number of nitrogens with zero attached hydrogens (tertiary/aromatic N) is 2. The summed E-state index contributed by atoms with van der Waals surface area (Å²) in [7, 11) is 0. The van der Waals surface area contributed by atoms with Gasteiger partial charge in [0.1, 0.15) is 5.82 Å². The van der Waals surface area contributed by atoms with Gasteiger partial charge in [0.25, 0.3) is 11.8 Å². The predicted molar refractivity (Wildman–Crippen MR) is 124 cm³/mol. The van der Waals surface area contributed by atoms with Crippen LogP contribution in [0.2, 0.25) is 0 Å². The lowest BCUT2D eigenvalue weighted by Gasteiger charge is -2.29. The molecule has 31 heavy (non-hydrogen) atoms. The van der Waals surface area contributed by atoms with Crippen LogP contribution in [0, 0.1) is 5.82 Å². The van der Waals surface area contributed by atoms with Crippen LogP contribution in [0.25, 0.3) is 11.6 Å². The zero-order chi connectivity index (χ0) is 22.1. The van der Waals surface area contributed by atoms with Gasteiger partial charge in [-0.2, -0.15) is 0 Å². The Bertz CT molecular complexity index is 1060. The van der Waals surface area contributed by atoms with Crippen molar-refractivity contribution in [3.63, 3.8) is 0 Å². The Morgan fingerprint density at radius 2 is 2.03 bits per heavy atom. The van der Waals surface area contributed by atoms with Crippen LogP contribution in [0.5, 0.6) is 0 Å². The molecule has 1 aromatic heterocycles. The molecule has 2 amide bonds. The molecule has 0 unspecified atom stereocenters. The van der Waals surface area contributed by atoms with E-state index >= 15 is 0 Å². The van der Waals surface area contributed by atoms with Crippen molar-refractivity contribution < 1.29 is 14.0 Å². The van der Waals surface area contributed by atoms with Gasteiger partial charge in [0.05, 0.1) is 11.1 Å². The molecule has 164 valence electrons. The van der Waals surface area contributed by atoms with Gasteiger partial charge in [-0.05, 0) is 37.4 Å². The van der Waals surface area contributed by atoms with Crippen LogP contribution in [0.15, 0.2) is 18.2 Å². The molecule has 3 heterocycles. The lowest BCUT2D eigenvalue weighted by molar-refractivity contribution is -0.110. The third-order valence-corrected chi connectivity index (χ3v) is 6.68. The standard InChI is InChI=1S/C23H26BrFN4O2/c1-3-28(4-2)9-10-29-8-7-19-21(23(29)31)17(13-24)20(26-19)12-16-15-11-14(25)5-6-18(15)27-22(16)30/h5-6,11-12,26H,3-4,7-10,13H2,1-2H3,(H,27,30)/b16-12-. The molecule has 0 atom stereocenters. The van der Waals surface area contributed by atoms with E-state index in [1.807, 2.05) is 4.90 Å². The van der Waals surface area contributed by atoms with Crippen molar-refractivity contribution in [1.29, 1.82) is 0 Å². The predicted octanol–water partition coefficient (Wildman–Crippen LogP) is 3.88. The molecular formula is C23H26BrFN4O2. The summed E-state index contributed by atoms with van der Waals surface area (Å²) in [5.41, 5.74) is 4.64. The van der Waals surface area contributed by atoms with E-state index in [2.05, 4.69) is 45.0 Å². The monoisotopic (exact) mass is 488 g/mol. The van der Waals surface area contributed by atoms with Gasteiger partial charge in [0.2, 0.25) is 0 Å². The summed E-state index contributed by atoms with van der Waals surface area (Å²) < 4.78 is 13.8. The quantitative estimate of drug-likeness (QED) is 0.458. The fourth-order valence-corrected chi connectivity index (χ4v) is 4.88. The number of rotatable bonds is 7. The largest absolute Gasteiger partial charge is 0.358 e. The summed E-state index contributed by atoms with van der Waals surface area (Å²) in [5.74, 6) is -0.654. The van der Waals surface area contributed by atoms with Crippen LogP contribution in [0.3, 0.4) is 0 Å². The molecule has 0 fully saturated rings. The van der Waals surface area contributed by atoms with Crippen LogP contribution in [-0.2, 0) is 16.5 Å². The normalized spacial score (nSPS) is 16.8. The molecule has 8 heteroatoms. The Hall–Kier alpha value is -2.45. The van der Waals surface area contributed by atoms with E-state index in [4.69, 9.17) is 0 Å². The average molecular weight is 489 g/mol. The first kappa shape index (κ1) is 21.8. The number of nitrogens with one attached hydrogen (secondary N) is 2. The van der Waals surface area contributed by atoms with Crippen molar-refractivity contribution in [3.8, 4) is 0 Å². The molecule has 4 rings (SSSR count). The van der Waals surface area contributed by atoms with E-state index in [0.29, 0.717) is 46.5 Å². The van der Waals surface area contributed by atoms with Crippen molar-refractivity contribution in [1.82, 2.24) is 14.8 Å². The Labute approximate surface area is 189 Å². The van der Waals surface area contributed by atoms with Crippen molar-refractivity contribution in [2.75, 3.05) is 38.0 Å². The number of hydrogen-bond donors (Lipinski definition) is 2. The number of H-pyrrole nitrogens is 1. The minimum Gasteiger partial charge on any atom is -0.358 e. The maximum atomic E-state index is 13.8. The molecule has 0 saturated carbocycles. The van der Waals surface area contributed by atoms with E-state index in [1.54, 1.807) is 12.1 Å². The molecule has 0 aliphatic carbocycles. The number of hydrogen-bond acceptors (Lipinski definition) is 3. The Balaban J connectivity index is 1.66. The number of alkyl halides is 1. The van der Waals surface area contributed by atoms with E-state index in [9.17, 15) is 14.0 Å². The van der Waals surface area contributed by atoms with E-state index in [0.717, 1.165) is 37.3 Å². The van der Waals surface area contributed by atoms with Crippen LogP contribution >= 0.6 is 15.9 Å². The number of amides is 2. The summed E-state index contributed by atoms with van der Waals surface area (Å²) in [6.45, 7) is 8.38. The minimum atomic E-state index is -0.397. The third kappa shape index (κ3) is 4.06. The van der Waals surface area contributed by atoms with Crippen LogP contribution in [0.1, 0.15) is 46.7 Å². The lowest BCUT2D eigenvalue weighted by Crippen LogP contribution is -2.42. The lowest BCUT2D eigenvalue weighted by atomic mass is 10.0. The number of carbonyl (C=O) groups excluding carboxylic acids is 2. The van der Waals surface area contributed by atoms with E-state index in [1.165, 1.54) is 12.1 Å². The fourth-order valence-electron chi connectivity index (χ4n) is 4.29. The van der Waals surface area contributed by atoms with Gasteiger partial charge >= 0.3 is 0 Å². The first-order chi connectivity index (χ1) is 15.0. The van der Waals surface area contributed by atoms with Crippen molar-refractivity contribution in [3.05, 3.63) is 52.1 Å². The number of aromatic amines is 1. The van der Waals surface area contributed by atoms with Crippen molar-refractivity contribution in [2.24, 2.45) is 0 Å². The second kappa shape index (κ2) is 8.96. The summed E-state index contributed by atoms with van der Waals surface area (Å²) in [5, 5.41) is 3.25. The number of likely N-dealkylation sites (N-methyl/N-ethyl adjacent to an activating group) is 1. The highest BCUT2D eigenvalue weighted by atomic mass is 79.9. The fraction of sp³-hybridized carbons (Fsp3) is 0.391. The van der Waals surface area contributed by atoms with Gasteiger partial charge < -0.3 is 20.1 Å². The zero-order valence-corrected chi connectivity index (χ0v) is 19.3. The number of benzene rings is 1. The maximum absolute atomic E-state index is 13.8. The second-order valence-corrected chi connectivity index (χ2v) is 8.34. The summed E-state index contributed by atoms with van der Waals surface area (Å²) in [6, 6.07) is 4.24. The highest BCUT2D eigenvalue weighted by Gasteiger charge is 2.31. The molecule has 2 N–H and O–H groups in total. The first-order valence-electron chi connectivity index (χ1n) is 10.6. The number of aromatic nitrogens is 1. The maximum Gasteiger partial charge on any atom is 0.256 e. The summed E-state index contributed by atoms with van der Waals surface area (Å²) in [4.78, 5) is 33.3. The summed E-state index contributed by atoms with van der Waals surface area (Å²) >= 11 is 3.52. The Morgan fingerprint density at radius 1 is 1.26 bits per heavy atom. The molecule has 6 nitrogen and oxygen atoms in total. The average Bonchev–Trinajstić information content (AvgIpc) is 3.27. The number of halogens is 2. The van der Waals surface area contributed by atoms with Gasteiger partial charge in [0.15, 0.2) is 0 Å². The summed E-state index contributed by atoms with van der Waals surface area (Å²) in [6.07, 6.45) is 2.46. The minimum absolute atomic E-state index is 0.0195. The highest BCUT2D eigenvalue weighted by Crippen LogP contribution is 2.35. The van der Waals surface area contributed by atoms with Crippen LogP contribution in [0.4, 0.5) is 10.1 Å². The molecular weight excluding hydrogens is 463 g/mol. The number of fused-ring (bicyclic) bond motifs is 2. The zero-order valence-electron chi connectivity index (χ0n) is 17.7. The molecule has 2 aromatic rings. The van der Waals surface area contributed by atoms with Crippen molar-refractivity contribution in [2.45, 2.75) is 25.6 Å². The molecule has 0 saturated heterocycles. The molecule has 0 radical (unpaired) electrons. The van der Waals surface area contributed by atoms with Gasteiger partial charge in [0, 0.05) is 59.6 Å². The highest BCUT2D eigenvalue weighted by molar-refractivity contribution is 9.08. The smallest absolute Gasteiger partial charge is 0.256 e. The van der Waals surface area contributed by atoms with Gasteiger partial charge in [-0.1, -0.05) is 29.8 Å². The molecule has 0 bridgehead atoms. The number of carbonyl (C=O) groups is 2. The first-order valence-corrected chi connectivity index (χ1v) is 11.7. The van der Waals surface area contributed by atoms with Gasteiger partial charge in [-0.3, -0.25) is 9.59 Å². The van der Waals surface area contributed by atoms with E-state index in [-0.39, 0.29) is 11.8 Å². The van der Waals surface area contributed by atoms with E-state index < -0.39 is 5.82 Å². The topological polar surface area (TPSA) is 68.4 Å². The molecule has 1 aromatic carbocycles. The van der Waals surface area contributed by atoms with Crippen LogP contribution < -0.4 is 5.32 Å². The molecule has 0 spiro atoms. The van der Waals surface area contributed by atoms with Crippen LogP contribution in [-0.4, -0.2) is 59.3 Å². The van der Waals surface area contributed by atoms with Crippen molar-refractivity contribution >= 4 is 45.1 Å². The molecule has 2 aliphatic heterocycles. The Morgan fingerprint density at radius 3 is 2.74 bits per heavy atom.